The van der Waals surface area contributed by atoms with Crippen LogP contribution >= 0.6 is 0 Å². The first kappa shape index (κ1) is 13.8. The molecule has 1 aromatic rings. The van der Waals surface area contributed by atoms with E-state index in [9.17, 15) is 24.9 Å². The maximum Gasteiger partial charge on any atom is 0.328 e. The van der Waals surface area contributed by atoms with Gasteiger partial charge in [0.15, 0.2) is 17.5 Å². The number of amides is 1. The zero-order chi connectivity index (χ0) is 13.9. The van der Waals surface area contributed by atoms with E-state index in [1.807, 2.05) is 5.32 Å². The summed E-state index contributed by atoms with van der Waals surface area (Å²) in [6.45, 7) is 1.21. The number of benzene rings is 1. The van der Waals surface area contributed by atoms with Crippen molar-refractivity contribution in [2.24, 2.45) is 0 Å². The minimum Gasteiger partial charge on any atom is -0.504 e. The topological polar surface area (TPSA) is 127 Å². The predicted octanol–water partition coefficient (Wildman–Crippen LogP) is -0.338. The van der Waals surface area contributed by atoms with Gasteiger partial charge in [0.1, 0.15) is 0 Å². The third-order valence-electron chi connectivity index (χ3n) is 2.29. The van der Waals surface area contributed by atoms with Gasteiger partial charge in [-0.3, -0.25) is 4.79 Å². The number of carboxylic acid groups (broad SMARTS) is 1. The van der Waals surface area contributed by atoms with E-state index in [0.29, 0.717) is 0 Å². The van der Waals surface area contributed by atoms with E-state index in [1.165, 1.54) is 25.1 Å². The highest BCUT2D eigenvalue weighted by molar-refractivity contribution is 5.99. The normalized spacial score (nSPS) is 13.7. The van der Waals surface area contributed by atoms with Gasteiger partial charge in [0.25, 0.3) is 5.91 Å². The van der Waals surface area contributed by atoms with E-state index in [1.54, 1.807) is 0 Å². The van der Waals surface area contributed by atoms with Crippen LogP contribution in [-0.2, 0) is 4.79 Å². The van der Waals surface area contributed by atoms with Crippen LogP contribution in [0.4, 0.5) is 0 Å². The first-order valence-corrected chi connectivity index (χ1v) is 5.07. The summed E-state index contributed by atoms with van der Waals surface area (Å²) in [6, 6.07) is 2.21. The van der Waals surface area contributed by atoms with Gasteiger partial charge in [-0.05, 0) is 19.1 Å². The molecule has 7 nitrogen and oxygen atoms in total. The Kier molecular flexibility index (Phi) is 4.11. The fraction of sp³-hybridized carbons (Fsp3) is 0.273. The number of hydrogen-bond acceptors (Lipinski definition) is 5. The van der Waals surface area contributed by atoms with Crippen LogP contribution in [-0.4, -0.2) is 44.4 Å². The second-order valence-electron chi connectivity index (χ2n) is 3.70. The van der Waals surface area contributed by atoms with E-state index < -0.39 is 35.5 Å². The van der Waals surface area contributed by atoms with Crippen LogP contribution in [0.1, 0.15) is 17.3 Å². The number of carboxylic acids is 1. The first-order valence-electron chi connectivity index (χ1n) is 5.07. The maximum atomic E-state index is 11.7. The number of phenolic OH excluding ortho intramolecular Hbond substituents is 2. The van der Waals surface area contributed by atoms with E-state index in [4.69, 9.17) is 5.11 Å². The molecule has 2 atom stereocenters. The molecule has 0 bridgehead atoms. The Bertz CT molecular complexity index is 471. The first-order chi connectivity index (χ1) is 8.34. The number of carbonyl (C=O) groups is 2. The summed E-state index contributed by atoms with van der Waals surface area (Å²) in [4.78, 5) is 22.5. The molecular weight excluding hydrogens is 242 g/mol. The molecule has 0 aliphatic carbocycles. The Labute approximate surface area is 102 Å². The van der Waals surface area contributed by atoms with E-state index >= 15 is 0 Å². The quantitative estimate of drug-likeness (QED) is 0.468. The second-order valence-corrected chi connectivity index (χ2v) is 3.70. The lowest BCUT2D eigenvalue weighted by Crippen LogP contribution is -2.47. The monoisotopic (exact) mass is 255 g/mol. The Morgan fingerprint density at radius 2 is 1.89 bits per heavy atom. The van der Waals surface area contributed by atoms with E-state index in [-0.39, 0.29) is 5.56 Å². The van der Waals surface area contributed by atoms with Crippen molar-refractivity contribution in [3.63, 3.8) is 0 Å². The summed E-state index contributed by atoms with van der Waals surface area (Å²) >= 11 is 0. The lowest BCUT2D eigenvalue weighted by atomic mass is 10.1. The SMILES string of the molecule is C[C@@H](O)[C@H](NC(=O)c1cccc(O)c1O)C(=O)O. The van der Waals surface area contributed by atoms with Crippen molar-refractivity contribution in [3.8, 4) is 11.5 Å². The molecule has 1 rings (SSSR count). The number of aromatic hydroxyl groups is 2. The number of para-hydroxylation sites is 1. The van der Waals surface area contributed by atoms with Gasteiger partial charge in [-0.1, -0.05) is 6.07 Å². The standard InChI is InChI=1S/C11H13NO6/c1-5(13)8(11(17)18)12-10(16)6-3-2-4-7(14)9(6)15/h2-5,8,13-15H,1H3,(H,12,16)(H,17,18)/t5-,8+/m1/s1. The van der Waals surface area contributed by atoms with Gasteiger partial charge in [-0.25, -0.2) is 4.79 Å². The molecule has 1 amide bonds. The number of hydrogen-bond donors (Lipinski definition) is 5. The van der Waals surface area contributed by atoms with Crippen LogP contribution < -0.4 is 5.32 Å². The molecule has 0 unspecified atom stereocenters. The van der Waals surface area contributed by atoms with Gasteiger partial charge in [0.2, 0.25) is 0 Å². The van der Waals surface area contributed by atoms with E-state index in [2.05, 4.69) is 0 Å². The van der Waals surface area contributed by atoms with Crippen molar-refractivity contribution in [1.29, 1.82) is 0 Å². The number of phenols is 2. The van der Waals surface area contributed by atoms with Crippen LogP contribution in [0.15, 0.2) is 18.2 Å². The number of rotatable bonds is 4. The van der Waals surface area contributed by atoms with Gasteiger partial charge in [-0.15, -0.1) is 0 Å². The fourth-order valence-corrected chi connectivity index (χ4v) is 1.32. The molecule has 0 heterocycles. The Hall–Kier alpha value is -2.28. The van der Waals surface area contributed by atoms with Crippen molar-refractivity contribution >= 4 is 11.9 Å². The highest BCUT2D eigenvalue weighted by Gasteiger charge is 2.26. The smallest absolute Gasteiger partial charge is 0.328 e. The lowest BCUT2D eigenvalue weighted by Gasteiger charge is -2.17. The minimum atomic E-state index is -1.50. The number of carbonyl (C=O) groups excluding carboxylic acids is 1. The van der Waals surface area contributed by atoms with E-state index in [0.717, 1.165) is 0 Å². The minimum absolute atomic E-state index is 0.276. The number of aliphatic hydroxyl groups excluding tert-OH is 1. The molecule has 0 aliphatic heterocycles. The highest BCUT2D eigenvalue weighted by Crippen LogP contribution is 2.28. The summed E-state index contributed by atoms with van der Waals surface area (Å²) in [5.41, 5.74) is -0.276. The average Bonchev–Trinajstić information content (AvgIpc) is 2.28. The molecule has 98 valence electrons. The number of aliphatic carboxylic acids is 1. The van der Waals surface area contributed by atoms with Crippen LogP contribution in [0, 0.1) is 0 Å². The Balaban J connectivity index is 2.94. The van der Waals surface area contributed by atoms with Crippen LogP contribution in [0.2, 0.25) is 0 Å². The zero-order valence-electron chi connectivity index (χ0n) is 9.49. The largest absolute Gasteiger partial charge is 0.504 e. The van der Waals surface area contributed by atoms with Gasteiger partial charge < -0.3 is 25.7 Å². The summed E-state index contributed by atoms with van der Waals surface area (Å²) < 4.78 is 0. The van der Waals surface area contributed by atoms with Gasteiger partial charge in [-0.2, -0.15) is 0 Å². The molecule has 0 aliphatic rings. The molecule has 0 saturated heterocycles. The molecule has 7 heteroatoms. The van der Waals surface area contributed by atoms with Crippen LogP contribution in [0.3, 0.4) is 0 Å². The molecule has 5 N–H and O–H groups in total. The predicted molar refractivity (Wildman–Crippen MR) is 60.3 cm³/mol. The highest BCUT2D eigenvalue weighted by atomic mass is 16.4. The summed E-state index contributed by atoms with van der Waals surface area (Å²) in [5, 5.41) is 38.7. The molecule has 0 radical (unpaired) electrons. The summed E-state index contributed by atoms with van der Waals surface area (Å²) in [5.74, 6) is -3.45. The fourth-order valence-electron chi connectivity index (χ4n) is 1.32. The van der Waals surface area contributed by atoms with Crippen LogP contribution in [0.25, 0.3) is 0 Å². The van der Waals surface area contributed by atoms with Crippen molar-refractivity contribution in [2.75, 3.05) is 0 Å². The maximum absolute atomic E-state index is 11.7. The second kappa shape index (κ2) is 5.37. The van der Waals surface area contributed by atoms with Crippen molar-refractivity contribution < 1.29 is 30.0 Å². The molecule has 0 fully saturated rings. The number of nitrogens with one attached hydrogen (secondary N) is 1. The van der Waals surface area contributed by atoms with Crippen molar-refractivity contribution in [2.45, 2.75) is 19.1 Å². The van der Waals surface area contributed by atoms with Crippen LogP contribution in [0.5, 0.6) is 11.5 Å². The van der Waals surface area contributed by atoms with Crippen molar-refractivity contribution in [3.05, 3.63) is 23.8 Å². The Morgan fingerprint density at radius 1 is 1.28 bits per heavy atom. The number of aliphatic hydroxyl groups is 1. The molecule has 0 aromatic heterocycles. The lowest BCUT2D eigenvalue weighted by molar-refractivity contribution is -0.141. The third-order valence-corrected chi connectivity index (χ3v) is 2.29. The molecule has 0 spiro atoms. The summed E-state index contributed by atoms with van der Waals surface area (Å²) in [6.07, 6.45) is -1.30. The van der Waals surface area contributed by atoms with Crippen molar-refractivity contribution in [1.82, 2.24) is 5.32 Å². The van der Waals surface area contributed by atoms with Gasteiger partial charge >= 0.3 is 5.97 Å². The Morgan fingerprint density at radius 3 is 2.39 bits per heavy atom. The van der Waals surface area contributed by atoms with Gasteiger partial charge in [0.05, 0.1) is 11.7 Å². The zero-order valence-corrected chi connectivity index (χ0v) is 9.49. The molecule has 0 saturated carbocycles. The average molecular weight is 255 g/mol. The van der Waals surface area contributed by atoms with Gasteiger partial charge in [0, 0.05) is 0 Å². The third kappa shape index (κ3) is 2.89. The molecule has 18 heavy (non-hydrogen) atoms. The summed E-state index contributed by atoms with van der Waals surface area (Å²) in [7, 11) is 0. The molecule has 1 aromatic carbocycles. The molecular formula is C11H13NO6.